The Morgan fingerprint density at radius 3 is 2.50 bits per heavy atom. The number of esters is 1. The summed E-state index contributed by atoms with van der Waals surface area (Å²) in [5.41, 5.74) is 0.725. The first-order valence-corrected chi connectivity index (χ1v) is 9.09. The Labute approximate surface area is 168 Å². The zero-order valence-electron chi connectivity index (χ0n) is 15.8. The van der Waals surface area contributed by atoms with Gasteiger partial charge >= 0.3 is 12.1 Å². The van der Waals surface area contributed by atoms with Crippen molar-refractivity contribution in [3.05, 3.63) is 65.6 Å². The summed E-state index contributed by atoms with van der Waals surface area (Å²) in [4.78, 5) is 20.0. The van der Waals surface area contributed by atoms with Crippen LogP contribution in [0.3, 0.4) is 0 Å². The number of nitrogens with zero attached hydrogens (tertiary/aromatic N) is 3. The fraction of sp³-hybridized carbons (Fsp3) is 0.190. The molecule has 1 aromatic carbocycles. The number of rotatable bonds is 4. The highest BCUT2D eigenvalue weighted by molar-refractivity contribution is 5.95. The van der Waals surface area contributed by atoms with Crippen LogP contribution in [0.1, 0.15) is 28.7 Å². The summed E-state index contributed by atoms with van der Waals surface area (Å²) in [5, 5.41) is 9.68. The molecule has 4 aromatic rings. The number of alkyl halides is 3. The lowest BCUT2D eigenvalue weighted by atomic mass is 10.0. The number of carbonyl (C=O) groups is 1. The quantitative estimate of drug-likeness (QED) is 0.505. The number of fused-ring (bicyclic) bond motifs is 3. The van der Waals surface area contributed by atoms with Crippen LogP contribution < -0.4 is 0 Å². The molecule has 0 unspecified atom stereocenters. The molecule has 0 aliphatic rings. The summed E-state index contributed by atoms with van der Waals surface area (Å²) >= 11 is 0. The zero-order valence-corrected chi connectivity index (χ0v) is 15.8. The number of hydrogen-bond donors (Lipinski definition) is 1. The Bertz CT molecular complexity index is 1250. The Balaban J connectivity index is 2.00. The van der Waals surface area contributed by atoms with Crippen molar-refractivity contribution in [3.8, 4) is 11.1 Å². The molecular formula is C21H16F3N3O3. The SMILES string of the molecule is CCOC(=O)c1cn2c(ccc3c(-c4ccc(CO)cc4)cc(C(F)(F)F)nc32)n1. The lowest BCUT2D eigenvalue weighted by Crippen LogP contribution is -2.09. The van der Waals surface area contributed by atoms with Crippen LogP contribution in [0.25, 0.3) is 27.8 Å². The average molecular weight is 415 g/mol. The van der Waals surface area contributed by atoms with Gasteiger partial charge in [0, 0.05) is 11.6 Å². The molecule has 0 spiro atoms. The van der Waals surface area contributed by atoms with E-state index in [1.807, 2.05) is 0 Å². The molecule has 0 aliphatic heterocycles. The van der Waals surface area contributed by atoms with E-state index < -0.39 is 17.8 Å². The molecule has 9 heteroatoms. The maximum atomic E-state index is 13.6. The summed E-state index contributed by atoms with van der Waals surface area (Å²) < 4.78 is 47.0. The van der Waals surface area contributed by atoms with E-state index in [0.29, 0.717) is 22.1 Å². The van der Waals surface area contributed by atoms with Crippen LogP contribution in [0.5, 0.6) is 0 Å². The molecule has 0 amide bonds. The van der Waals surface area contributed by atoms with Crippen LogP contribution in [0, 0.1) is 0 Å². The molecule has 0 saturated carbocycles. The number of ether oxygens (including phenoxy) is 1. The second kappa shape index (κ2) is 7.42. The molecule has 0 atom stereocenters. The van der Waals surface area contributed by atoms with E-state index in [2.05, 4.69) is 9.97 Å². The van der Waals surface area contributed by atoms with Crippen molar-refractivity contribution in [2.75, 3.05) is 6.61 Å². The predicted octanol–water partition coefficient (Wildman–Crippen LogP) is 4.24. The van der Waals surface area contributed by atoms with Gasteiger partial charge in [-0.05, 0) is 41.8 Å². The third-order valence-electron chi connectivity index (χ3n) is 4.62. The van der Waals surface area contributed by atoms with Crippen molar-refractivity contribution in [2.45, 2.75) is 19.7 Å². The first-order chi connectivity index (χ1) is 14.3. The molecule has 3 aromatic heterocycles. The number of benzene rings is 1. The summed E-state index contributed by atoms with van der Waals surface area (Å²) in [6.45, 7) is 1.63. The molecule has 0 fully saturated rings. The number of pyridine rings is 2. The Morgan fingerprint density at radius 2 is 1.87 bits per heavy atom. The lowest BCUT2D eigenvalue weighted by molar-refractivity contribution is -0.140. The van der Waals surface area contributed by atoms with Crippen LogP contribution in [0.4, 0.5) is 13.2 Å². The van der Waals surface area contributed by atoms with Gasteiger partial charge in [0.15, 0.2) is 5.69 Å². The molecule has 6 nitrogen and oxygen atoms in total. The van der Waals surface area contributed by atoms with Gasteiger partial charge < -0.3 is 9.84 Å². The lowest BCUT2D eigenvalue weighted by Gasteiger charge is -2.13. The molecule has 0 bridgehead atoms. The third kappa shape index (κ3) is 3.48. The van der Waals surface area contributed by atoms with Crippen molar-refractivity contribution in [2.24, 2.45) is 0 Å². The molecule has 4 rings (SSSR count). The first-order valence-electron chi connectivity index (χ1n) is 9.09. The van der Waals surface area contributed by atoms with E-state index >= 15 is 0 Å². The van der Waals surface area contributed by atoms with Crippen LogP contribution >= 0.6 is 0 Å². The van der Waals surface area contributed by atoms with Crippen molar-refractivity contribution >= 4 is 22.6 Å². The molecule has 0 saturated heterocycles. The summed E-state index contributed by atoms with van der Waals surface area (Å²) in [7, 11) is 0. The molecule has 0 radical (unpaired) electrons. The number of imidazole rings is 1. The van der Waals surface area contributed by atoms with Crippen LogP contribution in [-0.2, 0) is 17.5 Å². The van der Waals surface area contributed by atoms with Crippen molar-refractivity contribution in [1.29, 1.82) is 0 Å². The highest BCUT2D eigenvalue weighted by atomic mass is 19.4. The minimum absolute atomic E-state index is 0.0163. The predicted molar refractivity (Wildman–Crippen MR) is 103 cm³/mol. The van der Waals surface area contributed by atoms with Gasteiger partial charge in [-0.15, -0.1) is 0 Å². The minimum atomic E-state index is -4.67. The third-order valence-corrected chi connectivity index (χ3v) is 4.62. The molecule has 154 valence electrons. The van der Waals surface area contributed by atoms with Crippen LogP contribution in [-0.4, -0.2) is 32.1 Å². The Kier molecular flexibility index (Phi) is 4.90. The topological polar surface area (TPSA) is 76.7 Å². The number of aromatic nitrogens is 3. The van der Waals surface area contributed by atoms with Gasteiger partial charge in [0.2, 0.25) is 0 Å². The van der Waals surface area contributed by atoms with E-state index in [9.17, 15) is 23.1 Å². The maximum absolute atomic E-state index is 13.6. The van der Waals surface area contributed by atoms with Gasteiger partial charge in [-0.3, -0.25) is 4.40 Å². The van der Waals surface area contributed by atoms with Gasteiger partial charge in [0.05, 0.1) is 13.2 Å². The van der Waals surface area contributed by atoms with E-state index in [-0.39, 0.29) is 30.2 Å². The van der Waals surface area contributed by atoms with Crippen LogP contribution in [0.2, 0.25) is 0 Å². The van der Waals surface area contributed by atoms with Crippen molar-refractivity contribution in [1.82, 2.24) is 14.4 Å². The summed E-state index contributed by atoms with van der Waals surface area (Å²) in [6.07, 6.45) is -3.35. The normalized spacial score (nSPS) is 11.9. The number of halogens is 3. The monoisotopic (exact) mass is 415 g/mol. The van der Waals surface area contributed by atoms with Crippen molar-refractivity contribution in [3.63, 3.8) is 0 Å². The zero-order chi connectivity index (χ0) is 21.5. The fourth-order valence-electron chi connectivity index (χ4n) is 3.21. The largest absolute Gasteiger partial charge is 0.461 e. The maximum Gasteiger partial charge on any atom is 0.433 e. The van der Waals surface area contributed by atoms with Gasteiger partial charge in [-0.25, -0.2) is 14.8 Å². The Hall–Kier alpha value is -3.46. The van der Waals surface area contributed by atoms with E-state index in [4.69, 9.17) is 4.74 Å². The molecule has 3 heterocycles. The Morgan fingerprint density at radius 1 is 1.13 bits per heavy atom. The molecule has 30 heavy (non-hydrogen) atoms. The standard InChI is InChI=1S/C21H16F3N3O3/c1-2-30-20(29)16-10-27-18(25-16)8-7-14-15(13-5-3-12(11-28)4-6-13)9-17(21(22,23)24)26-19(14)27/h3-10,28H,2,11H2,1H3. The van der Waals surface area contributed by atoms with Gasteiger partial charge in [-0.1, -0.05) is 24.3 Å². The van der Waals surface area contributed by atoms with Crippen LogP contribution in [0.15, 0.2) is 48.7 Å². The highest BCUT2D eigenvalue weighted by Gasteiger charge is 2.34. The first kappa shape index (κ1) is 19.8. The second-order valence-electron chi connectivity index (χ2n) is 6.55. The number of aliphatic hydroxyl groups is 1. The molecule has 1 N–H and O–H groups in total. The highest BCUT2D eigenvalue weighted by Crippen LogP contribution is 2.35. The minimum Gasteiger partial charge on any atom is -0.461 e. The molecule has 0 aliphatic carbocycles. The number of aliphatic hydroxyl groups excluding tert-OH is 1. The summed E-state index contributed by atoms with van der Waals surface area (Å²) in [5.74, 6) is -0.666. The fourth-order valence-corrected chi connectivity index (χ4v) is 3.21. The van der Waals surface area contributed by atoms with Gasteiger partial charge in [0.1, 0.15) is 17.0 Å². The van der Waals surface area contributed by atoms with E-state index in [1.54, 1.807) is 43.3 Å². The van der Waals surface area contributed by atoms with E-state index in [1.165, 1.54) is 10.6 Å². The average Bonchev–Trinajstić information content (AvgIpc) is 3.17. The summed E-state index contributed by atoms with van der Waals surface area (Å²) in [6, 6.07) is 10.8. The van der Waals surface area contributed by atoms with E-state index in [0.717, 1.165) is 6.07 Å². The van der Waals surface area contributed by atoms with Gasteiger partial charge in [-0.2, -0.15) is 13.2 Å². The number of hydrogen-bond acceptors (Lipinski definition) is 5. The number of carbonyl (C=O) groups excluding carboxylic acids is 1. The van der Waals surface area contributed by atoms with Gasteiger partial charge in [0.25, 0.3) is 0 Å². The molecular weight excluding hydrogens is 399 g/mol. The smallest absolute Gasteiger partial charge is 0.433 e. The second-order valence-corrected chi connectivity index (χ2v) is 6.55. The van der Waals surface area contributed by atoms with Crippen molar-refractivity contribution < 1.29 is 27.8 Å².